The van der Waals surface area contributed by atoms with Crippen LogP contribution in [0.3, 0.4) is 0 Å². The van der Waals surface area contributed by atoms with Crippen LogP contribution in [0.5, 0.6) is 0 Å². The van der Waals surface area contributed by atoms with E-state index in [1.165, 1.54) is 0 Å². The Bertz CT molecular complexity index is 1200. The highest BCUT2D eigenvalue weighted by Crippen LogP contribution is 2.38. The maximum Gasteiger partial charge on any atom is 0.408 e. The van der Waals surface area contributed by atoms with E-state index < -0.39 is 11.7 Å². The Morgan fingerprint density at radius 1 is 1.21 bits per heavy atom. The number of ether oxygens (including phenoxy) is 1. The molecule has 8 nitrogen and oxygen atoms in total. The van der Waals surface area contributed by atoms with Crippen molar-refractivity contribution in [3.8, 4) is 11.1 Å². The van der Waals surface area contributed by atoms with Crippen molar-refractivity contribution in [2.24, 2.45) is 0 Å². The second kappa shape index (κ2) is 8.65. The van der Waals surface area contributed by atoms with Gasteiger partial charge in [0.05, 0.1) is 15.7 Å². The van der Waals surface area contributed by atoms with Crippen molar-refractivity contribution in [2.45, 2.75) is 58.6 Å². The van der Waals surface area contributed by atoms with E-state index >= 15 is 0 Å². The molecule has 3 heterocycles. The van der Waals surface area contributed by atoms with Crippen LogP contribution in [0.2, 0.25) is 10.0 Å². The molecule has 1 aliphatic heterocycles. The van der Waals surface area contributed by atoms with Crippen LogP contribution in [0.15, 0.2) is 24.5 Å². The zero-order valence-corrected chi connectivity index (χ0v) is 21.0. The SMILES string of the molecule is Cc1nc(N2CCC(C)(NC(=O)OC(C)(C)C)CC2)n2cnnc2c1-c1cccc(Cl)c1Cl. The van der Waals surface area contributed by atoms with Crippen molar-refractivity contribution < 1.29 is 9.53 Å². The summed E-state index contributed by atoms with van der Waals surface area (Å²) in [7, 11) is 0. The summed E-state index contributed by atoms with van der Waals surface area (Å²) in [6.07, 6.45) is 2.76. The number of aromatic nitrogens is 4. The molecule has 0 unspecified atom stereocenters. The van der Waals surface area contributed by atoms with Crippen LogP contribution in [0, 0.1) is 6.92 Å². The minimum Gasteiger partial charge on any atom is -0.444 e. The number of fused-ring (bicyclic) bond motifs is 1. The molecule has 2 aromatic heterocycles. The highest BCUT2D eigenvalue weighted by Gasteiger charge is 2.34. The lowest BCUT2D eigenvalue weighted by Crippen LogP contribution is -2.54. The first-order valence-electron chi connectivity index (χ1n) is 10.9. The summed E-state index contributed by atoms with van der Waals surface area (Å²) in [6, 6.07) is 5.51. The summed E-state index contributed by atoms with van der Waals surface area (Å²) >= 11 is 12.7. The molecule has 1 N–H and O–H groups in total. The molecule has 0 aliphatic carbocycles. The van der Waals surface area contributed by atoms with Gasteiger partial charge in [0.2, 0.25) is 5.95 Å². The third-order valence-electron chi connectivity index (χ3n) is 5.79. The van der Waals surface area contributed by atoms with Crippen LogP contribution in [0.1, 0.15) is 46.2 Å². The van der Waals surface area contributed by atoms with Crippen LogP contribution in [-0.2, 0) is 4.74 Å². The normalized spacial score (nSPS) is 16.2. The van der Waals surface area contributed by atoms with Crippen LogP contribution in [0.25, 0.3) is 16.8 Å². The molecular weight excluding hydrogens is 463 g/mol. The van der Waals surface area contributed by atoms with Gasteiger partial charge in [-0.15, -0.1) is 10.2 Å². The van der Waals surface area contributed by atoms with Crippen molar-refractivity contribution in [3.63, 3.8) is 0 Å². The van der Waals surface area contributed by atoms with Crippen molar-refractivity contribution in [1.29, 1.82) is 0 Å². The first-order chi connectivity index (χ1) is 15.5. The lowest BCUT2D eigenvalue weighted by atomic mass is 9.90. The smallest absolute Gasteiger partial charge is 0.408 e. The number of alkyl carbamates (subject to hydrolysis) is 1. The summed E-state index contributed by atoms with van der Waals surface area (Å²) in [5, 5.41) is 12.5. The molecule has 0 radical (unpaired) electrons. The van der Waals surface area contributed by atoms with E-state index in [0.717, 1.165) is 35.6 Å². The predicted octanol–water partition coefficient (Wildman–Crippen LogP) is 5.29. The average Bonchev–Trinajstić information content (AvgIpc) is 3.18. The molecule has 0 atom stereocenters. The Hall–Kier alpha value is -2.58. The number of rotatable bonds is 3. The van der Waals surface area contributed by atoms with E-state index in [2.05, 4.69) is 20.4 Å². The molecule has 4 rings (SSSR count). The second-order valence-corrected chi connectivity index (χ2v) is 10.5. The van der Waals surface area contributed by atoms with Gasteiger partial charge >= 0.3 is 6.09 Å². The summed E-state index contributed by atoms with van der Waals surface area (Å²) < 4.78 is 7.32. The maximum atomic E-state index is 12.3. The number of aryl methyl sites for hydroxylation is 1. The Labute approximate surface area is 203 Å². The van der Waals surface area contributed by atoms with Gasteiger partial charge < -0.3 is 15.0 Å². The molecule has 1 amide bonds. The largest absolute Gasteiger partial charge is 0.444 e. The Kier molecular flexibility index (Phi) is 6.18. The highest BCUT2D eigenvalue weighted by molar-refractivity contribution is 6.43. The van der Waals surface area contributed by atoms with Gasteiger partial charge in [0.25, 0.3) is 0 Å². The summed E-state index contributed by atoms with van der Waals surface area (Å²) in [6.45, 7) is 11.0. The number of piperidine rings is 1. The molecule has 33 heavy (non-hydrogen) atoms. The van der Waals surface area contributed by atoms with Crippen LogP contribution in [0.4, 0.5) is 10.7 Å². The van der Waals surface area contributed by atoms with E-state index in [1.54, 1.807) is 12.4 Å². The minimum absolute atomic E-state index is 0.353. The van der Waals surface area contributed by atoms with Crippen molar-refractivity contribution >= 4 is 40.9 Å². The number of hydrogen-bond acceptors (Lipinski definition) is 6. The quantitative estimate of drug-likeness (QED) is 0.536. The zero-order valence-electron chi connectivity index (χ0n) is 19.4. The molecule has 176 valence electrons. The summed E-state index contributed by atoms with van der Waals surface area (Å²) in [5.41, 5.74) is 2.14. The summed E-state index contributed by atoms with van der Waals surface area (Å²) in [4.78, 5) is 19.4. The molecule has 1 saturated heterocycles. The molecule has 1 aliphatic rings. The van der Waals surface area contributed by atoms with E-state index in [9.17, 15) is 4.79 Å². The fraction of sp³-hybridized carbons (Fsp3) is 0.478. The minimum atomic E-state index is -0.532. The standard InChI is InChI=1S/C23H28Cl2N6O2/c1-14-17(15-7-6-8-16(24)18(15)25)19-29-26-13-31(19)20(27-14)30-11-9-23(5,10-12-30)28-21(32)33-22(2,3)4/h6-8,13H,9-12H2,1-5H3,(H,28,32). The van der Waals surface area contributed by atoms with Gasteiger partial charge in [-0.2, -0.15) is 0 Å². The number of nitrogens with zero attached hydrogens (tertiary/aromatic N) is 5. The van der Waals surface area contributed by atoms with E-state index in [-0.39, 0.29) is 5.54 Å². The number of hydrogen-bond donors (Lipinski definition) is 1. The topological polar surface area (TPSA) is 84.7 Å². The van der Waals surface area contributed by atoms with Gasteiger partial charge in [-0.3, -0.25) is 4.40 Å². The lowest BCUT2D eigenvalue weighted by molar-refractivity contribution is 0.0448. The van der Waals surface area contributed by atoms with Gasteiger partial charge in [0, 0.05) is 29.8 Å². The van der Waals surface area contributed by atoms with Crippen molar-refractivity contribution in [3.05, 3.63) is 40.3 Å². The monoisotopic (exact) mass is 490 g/mol. The predicted molar refractivity (Wildman–Crippen MR) is 130 cm³/mol. The van der Waals surface area contributed by atoms with Crippen LogP contribution >= 0.6 is 23.2 Å². The third kappa shape index (κ3) is 4.87. The molecule has 3 aromatic rings. The molecule has 1 aromatic carbocycles. The summed E-state index contributed by atoms with van der Waals surface area (Å²) in [5.74, 6) is 0.758. The number of carbonyl (C=O) groups is 1. The van der Waals surface area contributed by atoms with Gasteiger partial charge in [0.1, 0.15) is 11.9 Å². The van der Waals surface area contributed by atoms with Gasteiger partial charge in [-0.05, 0) is 53.5 Å². The fourth-order valence-corrected chi connectivity index (χ4v) is 4.48. The van der Waals surface area contributed by atoms with Crippen molar-refractivity contribution in [2.75, 3.05) is 18.0 Å². The number of halogens is 2. The van der Waals surface area contributed by atoms with Gasteiger partial charge in [-0.25, -0.2) is 9.78 Å². The molecule has 0 spiro atoms. The first kappa shape index (κ1) is 23.6. The van der Waals surface area contributed by atoms with Crippen molar-refractivity contribution in [1.82, 2.24) is 24.9 Å². The zero-order chi connectivity index (χ0) is 24.0. The number of benzene rings is 1. The number of amides is 1. The maximum absolute atomic E-state index is 12.3. The second-order valence-electron chi connectivity index (χ2n) is 9.67. The van der Waals surface area contributed by atoms with Gasteiger partial charge in [-0.1, -0.05) is 35.3 Å². The molecule has 1 fully saturated rings. The molecular formula is C23H28Cl2N6O2. The molecule has 10 heteroatoms. The Balaban J connectivity index is 1.59. The molecule has 0 saturated carbocycles. The van der Waals surface area contributed by atoms with E-state index in [0.29, 0.717) is 28.8 Å². The Morgan fingerprint density at radius 3 is 2.58 bits per heavy atom. The highest BCUT2D eigenvalue weighted by atomic mass is 35.5. The van der Waals surface area contributed by atoms with E-state index in [4.69, 9.17) is 32.9 Å². The Morgan fingerprint density at radius 2 is 1.91 bits per heavy atom. The fourth-order valence-electron chi connectivity index (χ4n) is 4.08. The molecule has 0 bridgehead atoms. The number of anilines is 1. The lowest BCUT2D eigenvalue weighted by Gasteiger charge is -2.40. The number of nitrogens with one attached hydrogen (secondary N) is 1. The average molecular weight is 491 g/mol. The van der Waals surface area contributed by atoms with Gasteiger partial charge in [0.15, 0.2) is 5.65 Å². The number of carbonyl (C=O) groups excluding carboxylic acids is 1. The van der Waals surface area contributed by atoms with Crippen LogP contribution < -0.4 is 10.2 Å². The first-order valence-corrected chi connectivity index (χ1v) is 11.6. The van der Waals surface area contributed by atoms with Crippen LogP contribution in [-0.4, -0.2) is 49.9 Å². The third-order valence-corrected chi connectivity index (χ3v) is 6.61. The van der Waals surface area contributed by atoms with E-state index in [1.807, 2.05) is 51.2 Å².